The highest BCUT2D eigenvalue weighted by Gasteiger charge is 2.04. The fraction of sp³-hybridized carbons (Fsp3) is 0.294. The average Bonchev–Trinajstić information content (AvgIpc) is 2.64. The number of pyridine rings is 1. The fourth-order valence-corrected chi connectivity index (χ4v) is 2.11. The van der Waals surface area contributed by atoms with E-state index in [0.717, 1.165) is 5.56 Å². The molecule has 2 rings (SSSR count). The highest BCUT2D eigenvalue weighted by atomic mass is 127. The Hall–Kier alpha value is -1.94. The van der Waals surface area contributed by atoms with E-state index in [1.165, 1.54) is 6.20 Å². The number of aliphatic imine (C=N–C) groups is 1. The number of nitrogens with zero attached hydrogens (tertiary/aromatic N) is 2. The van der Waals surface area contributed by atoms with Crippen molar-refractivity contribution < 1.29 is 14.2 Å². The largest absolute Gasteiger partial charge is 0.493 e. The van der Waals surface area contributed by atoms with Gasteiger partial charge in [0.15, 0.2) is 17.5 Å². The Balaban J connectivity index is 0.00000338. The number of hydrogen-bond acceptors (Lipinski definition) is 5. The molecule has 0 bridgehead atoms. The Morgan fingerprint density at radius 3 is 2.62 bits per heavy atom. The van der Waals surface area contributed by atoms with Gasteiger partial charge >= 0.3 is 0 Å². The van der Waals surface area contributed by atoms with Crippen LogP contribution in [0.25, 0.3) is 0 Å². The summed E-state index contributed by atoms with van der Waals surface area (Å²) in [6, 6.07) is 9.03. The molecule has 0 spiro atoms. The van der Waals surface area contributed by atoms with Crippen LogP contribution in [-0.2, 0) is 6.54 Å². The maximum absolute atomic E-state index is 5.84. The molecule has 0 saturated carbocycles. The molecule has 0 aliphatic carbocycles. The molecule has 26 heavy (non-hydrogen) atoms. The first kappa shape index (κ1) is 22.1. The summed E-state index contributed by atoms with van der Waals surface area (Å²) in [4.78, 5) is 8.32. The second-order valence-electron chi connectivity index (χ2n) is 4.98. The van der Waals surface area contributed by atoms with Crippen molar-refractivity contribution in [2.45, 2.75) is 6.54 Å². The number of halogens is 2. The van der Waals surface area contributed by atoms with E-state index in [4.69, 9.17) is 31.5 Å². The molecule has 0 unspecified atom stereocenters. The van der Waals surface area contributed by atoms with Crippen molar-refractivity contribution in [1.29, 1.82) is 0 Å². The lowest BCUT2D eigenvalue weighted by molar-refractivity contribution is 0.310. The summed E-state index contributed by atoms with van der Waals surface area (Å²) in [6.07, 6.45) is 1.53. The van der Waals surface area contributed by atoms with Gasteiger partial charge in [-0.25, -0.2) is 9.98 Å². The van der Waals surface area contributed by atoms with Gasteiger partial charge in [-0.05, 0) is 23.8 Å². The maximum atomic E-state index is 5.84. The molecule has 0 fully saturated rings. The van der Waals surface area contributed by atoms with Crippen LogP contribution in [0, 0.1) is 0 Å². The third-order valence-electron chi connectivity index (χ3n) is 3.24. The molecular formula is C17H22ClIN4O3. The van der Waals surface area contributed by atoms with Crippen molar-refractivity contribution >= 4 is 41.5 Å². The van der Waals surface area contributed by atoms with Gasteiger partial charge in [0.2, 0.25) is 5.88 Å². The topological polar surface area (TPSA) is 91.0 Å². The summed E-state index contributed by atoms with van der Waals surface area (Å²) in [5.74, 6) is 2.18. The van der Waals surface area contributed by atoms with Crippen molar-refractivity contribution in [3.63, 3.8) is 0 Å². The van der Waals surface area contributed by atoms with Crippen molar-refractivity contribution in [2.24, 2.45) is 10.7 Å². The van der Waals surface area contributed by atoms with E-state index < -0.39 is 0 Å². The monoisotopic (exact) mass is 492 g/mol. The number of rotatable bonds is 8. The van der Waals surface area contributed by atoms with Crippen LogP contribution in [0.1, 0.15) is 5.56 Å². The maximum Gasteiger partial charge on any atom is 0.213 e. The third kappa shape index (κ3) is 7.12. The van der Waals surface area contributed by atoms with Crippen LogP contribution in [0.15, 0.2) is 41.5 Å². The van der Waals surface area contributed by atoms with E-state index in [0.29, 0.717) is 48.1 Å². The molecule has 9 heteroatoms. The van der Waals surface area contributed by atoms with Crippen molar-refractivity contribution in [1.82, 2.24) is 10.3 Å². The minimum atomic E-state index is 0. The predicted molar refractivity (Wildman–Crippen MR) is 113 cm³/mol. The minimum absolute atomic E-state index is 0. The van der Waals surface area contributed by atoms with Crippen LogP contribution >= 0.6 is 35.6 Å². The third-order valence-corrected chi connectivity index (χ3v) is 3.46. The van der Waals surface area contributed by atoms with Gasteiger partial charge in [-0.2, -0.15) is 0 Å². The Morgan fingerprint density at radius 1 is 1.19 bits per heavy atom. The molecule has 0 atom stereocenters. The van der Waals surface area contributed by atoms with Gasteiger partial charge in [0.05, 0.1) is 32.3 Å². The number of hydrogen-bond donors (Lipinski definition) is 2. The molecule has 0 radical (unpaired) electrons. The molecule has 0 aliphatic heterocycles. The first-order chi connectivity index (χ1) is 12.1. The smallest absolute Gasteiger partial charge is 0.213 e. The number of ether oxygens (including phenoxy) is 3. The van der Waals surface area contributed by atoms with Gasteiger partial charge in [0, 0.05) is 12.3 Å². The standard InChI is InChI=1S/C17H21ClN4O3.HI/c1-23-14-5-3-12(9-15(14)24-2)10-22-17(19)20-7-8-25-16-6-4-13(18)11-21-16;/h3-6,9,11H,7-8,10H2,1-2H3,(H3,19,20,22);1H. The molecule has 2 aromatic rings. The van der Waals surface area contributed by atoms with Crippen LogP contribution in [0.5, 0.6) is 17.4 Å². The summed E-state index contributed by atoms with van der Waals surface area (Å²) in [5, 5.41) is 3.55. The zero-order valence-electron chi connectivity index (χ0n) is 14.6. The van der Waals surface area contributed by atoms with Crippen LogP contribution in [0.3, 0.4) is 0 Å². The van der Waals surface area contributed by atoms with Crippen LogP contribution < -0.4 is 25.3 Å². The number of benzene rings is 1. The van der Waals surface area contributed by atoms with E-state index in [1.807, 2.05) is 18.2 Å². The van der Waals surface area contributed by atoms with Crippen LogP contribution in [0.2, 0.25) is 5.02 Å². The van der Waals surface area contributed by atoms with Gasteiger partial charge in [-0.1, -0.05) is 17.7 Å². The summed E-state index contributed by atoms with van der Waals surface area (Å²) in [5.41, 5.74) is 6.80. The number of guanidine groups is 1. The number of nitrogens with one attached hydrogen (secondary N) is 1. The fourth-order valence-electron chi connectivity index (χ4n) is 1.99. The van der Waals surface area contributed by atoms with Gasteiger partial charge in [-0.3, -0.25) is 0 Å². The summed E-state index contributed by atoms with van der Waals surface area (Å²) in [6.45, 7) is 1.34. The Kier molecular flexibility index (Phi) is 9.89. The highest BCUT2D eigenvalue weighted by molar-refractivity contribution is 14.0. The minimum Gasteiger partial charge on any atom is -0.493 e. The van der Waals surface area contributed by atoms with Gasteiger partial charge < -0.3 is 25.3 Å². The Morgan fingerprint density at radius 2 is 1.96 bits per heavy atom. The number of methoxy groups -OCH3 is 2. The zero-order valence-corrected chi connectivity index (χ0v) is 17.7. The van der Waals surface area contributed by atoms with Gasteiger partial charge in [0.1, 0.15) is 6.61 Å². The molecule has 1 heterocycles. The van der Waals surface area contributed by atoms with Crippen molar-refractivity contribution in [2.75, 3.05) is 27.4 Å². The van der Waals surface area contributed by atoms with Gasteiger partial charge in [-0.15, -0.1) is 24.0 Å². The molecule has 0 aliphatic rings. The summed E-state index contributed by atoms with van der Waals surface area (Å²) < 4.78 is 15.9. The predicted octanol–water partition coefficient (Wildman–Crippen LogP) is 2.85. The van der Waals surface area contributed by atoms with E-state index in [2.05, 4.69) is 15.3 Å². The van der Waals surface area contributed by atoms with Crippen molar-refractivity contribution in [3.8, 4) is 17.4 Å². The second-order valence-corrected chi connectivity index (χ2v) is 5.42. The lowest BCUT2D eigenvalue weighted by Crippen LogP contribution is -2.34. The lowest BCUT2D eigenvalue weighted by Gasteiger charge is -2.09. The number of nitrogens with two attached hydrogens (primary N) is 1. The van der Waals surface area contributed by atoms with Crippen LogP contribution in [-0.4, -0.2) is 38.3 Å². The molecule has 1 aromatic heterocycles. The number of aromatic nitrogens is 1. The molecular weight excluding hydrogens is 471 g/mol. The first-order valence-electron chi connectivity index (χ1n) is 7.61. The molecule has 0 amide bonds. The Bertz CT molecular complexity index is 714. The van der Waals surface area contributed by atoms with E-state index in [9.17, 15) is 0 Å². The van der Waals surface area contributed by atoms with E-state index in [1.54, 1.807) is 26.4 Å². The normalized spacial score (nSPS) is 10.7. The van der Waals surface area contributed by atoms with E-state index >= 15 is 0 Å². The Labute approximate surface area is 174 Å². The second kappa shape index (κ2) is 11.6. The van der Waals surface area contributed by atoms with Crippen LogP contribution in [0.4, 0.5) is 0 Å². The molecule has 0 saturated heterocycles. The van der Waals surface area contributed by atoms with Crippen molar-refractivity contribution in [3.05, 3.63) is 47.1 Å². The molecule has 7 nitrogen and oxygen atoms in total. The summed E-state index contributed by atoms with van der Waals surface area (Å²) >= 11 is 5.76. The highest BCUT2D eigenvalue weighted by Crippen LogP contribution is 2.27. The SMILES string of the molecule is COc1ccc(CN=C(N)NCCOc2ccc(Cl)cn2)cc1OC.I. The average molecular weight is 493 g/mol. The molecule has 1 aromatic carbocycles. The lowest BCUT2D eigenvalue weighted by atomic mass is 10.2. The molecule has 3 N–H and O–H groups in total. The summed E-state index contributed by atoms with van der Waals surface area (Å²) in [7, 11) is 3.19. The van der Waals surface area contributed by atoms with Gasteiger partial charge in [0.25, 0.3) is 0 Å². The van der Waals surface area contributed by atoms with E-state index in [-0.39, 0.29) is 24.0 Å². The zero-order chi connectivity index (χ0) is 18.1. The first-order valence-corrected chi connectivity index (χ1v) is 7.99. The quantitative estimate of drug-likeness (QED) is 0.255. The molecule has 142 valence electrons.